The van der Waals surface area contributed by atoms with Gasteiger partial charge in [-0.1, -0.05) is 18.2 Å². The second-order valence-electron chi connectivity index (χ2n) is 4.98. The Morgan fingerprint density at radius 3 is 2.79 bits per heavy atom. The van der Waals surface area contributed by atoms with Crippen molar-refractivity contribution in [3.8, 4) is 5.75 Å². The van der Waals surface area contributed by atoms with Gasteiger partial charge in [-0.3, -0.25) is 4.79 Å². The standard InChI is InChI=1S/C15H22N2O2/c1-12-5-4-6-13(7-8-16)15(12)19-11-14(18)17-9-2-3-10-17/h4-6H,2-3,7-11,16H2,1H3. The first-order valence-electron chi connectivity index (χ1n) is 6.91. The van der Waals surface area contributed by atoms with Gasteiger partial charge in [-0.25, -0.2) is 0 Å². The maximum atomic E-state index is 12.0. The molecular formula is C15H22N2O2. The summed E-state index contributed by atoms with van der Waals surface area (Å²) in [5.41, 5.74) is 7.74. The van der Waals surface area contributed by atoms with Crippen molar-refractivity contribution >= 4 is 5.91 Å². The number of hydrogen-bond donors (Lipinski definition) is 1. The summed E-state index contributed by atoms with van der Waals surface area (Å²) in [6, 6.07) is 6.00. The molecule has 1 aromatic carbocycles. The lowest BCUT2D eigenvalue weighted by atomic mass is 10.1. The Hall–Kier alpha value is -1.55. The van der Waals surface area contributed by atoms with Crippen LogP contribution in [0.15, 0.2) is 18.2 Å². The van der Waals surface area contributed by atoms with E-state index in [2.05, 4.69) is 0 Å². The van der Waals surface area contributed by atoms with Crippen LogP contribution in [0.4, 0.5) is 0 Å². The van der Waals surface area contributed by atoms with Crippen LogP contribution in [0, 0.1) is 6.92 Å². The van der Waals surface area contributed by atoms with E-state index in [1.54, 1.807) is 0 Å². The van der Waals surface area contributed by atoms with Crippen LogP contribution >= 0.6 is 0 Å². The molecule has 4 nitrogen and oxygen atoms in total. The van der Waals surface area contributed by atoms with Gasteiger partial charge in [0.2, 0.25) is 0 Å². The average molecular weight is 262 g/mol. The highest BCUT2D eigenvalue weighted by Gasteiger charge is 2.18. The fourth-order valence-corrected chi connectivity index (χ4v) is 2.46. The molecule has 1 fully saturated rings. The molecule has 1 amide bonds. The van der Waals surface area contributed by atoms with Gasteiger partial charge in [0, 0.05) is 13.1 Å². The topological polar surface area (TPSA) is 55.6 Å². The van der Waals surface area contributed by atoms with Gasteiger partial charge in [0.15, 0.2) is 6.61 Å². The molecule has 0 unspecified atom stereocenters. The molecule has 0 atom stereocenters. The fraction of sp³-hybridized carbons (Fsp3) is 0.533. The van der Waals surface area contributed by atoms with Crippen LogP contribution in [-0.4, -0.2) is 37.0 Å². The highest BCUT2D eigenvalue weighted by molar-refractivity contribution is 5.78. The number of rotatable bonds is 5. The Labute approximate surface area is 114 Å². The Morgan fingerprint density at radius 1 is 1.37 bits per heavy atom. The zero-order chi connectivity index (χ0) is 13.7. The third-order valence-electron chi connectivity index (χ3n) is 3.51. The largest absolute Gasteiger partial charge is 0.483 e. The number of aryl methyl sites for hydroxylation is 1. The molecule has 1 aromatic rings. The summed E-state index contributed by atoms with van der Waals surface area (Å²) in [6.07, 6.45) is 2.98. The minimum atomic E-state index is 0.0828. The van der Waals surface area contributed by atoms with Crippen molar-refractivity contribution in [2.24, 2.45) is 5.73 Å². The minimum absolute atomic E-state index is 0.0828. The van der Waals surface area contributed by atoms with Gasteiger partial charge < -0.3 is 15.4 Å². The van der Waals surface area contributed by atoms with E-state index in [0.717, 1.165) is 49.2 Å². The van der Waals surface area contributed by atoms with E-state index in [9.17, 15) is 4.79 Å². The second kappa shape index (κ2) is 6.57. The third-order valence-corrected chi connectivity index (χ3v) is 3.51. The molecular weight excluding hydrogens is 240 g/mol. The number of likely N-dealkylation sites (tertiary alicyclic amines) is 1. The summed E-state index contributed by atoms with van der Waals surface area (Å²) in [4.78, 5) is 13.9. The lowest BCUT2D eigenvalue weighted by Gasteiger charge is -2.18. The number of carbonyl (C=O) groups is 1. The van der Waals surface area contributed by atoms with Crippen molar-refractivity contribution < 1.29 is 9.53 Å². The van der Waals surface area contributed by atoms with Gasteiger partial charge in [-0.15, -0.1) is 0 Å². The zero-order valence-corrected chi connectivity index (χ0v) is 11.5. The molecule has 0 aromatic heterocycles. The predicted molar refractivity (Wildman–Crippen MR) is 75.2 cm³/mol. The summed E-state index contributed by atoms with van der Waals surface area (Å²) in [7, 11) is 0. The van der Waals surface area contributed by atoms with E-state index in [0.29, 0.717) is 6.54 Å². The van der Waals surface area contributed by atoms with Crippen molar-refractivity contribution in [2.45, 2.75) is 26.2 Å². The van der Waals surface area contributed by atoms with Crippen LogP contribution in [0.1, 0.15) is 24.0 Å². The fourth-order valence-electron chi connectivity index (χ4n) is 2.46. The zero-order valence-electron chi connectivity index (χ0n) is 11.5. The molecule has 104 valence electrons. The number of nitrogens with two attached hydrogens (primary N) is 1. The van der Waals surface area contributed by atoms with Crippen LogP contribution < -0.4 is 10.5 Å². The summed E-state index contributed by atoms with van der Waals surface area (Å²) in [5.74, 6) is 0.903. The maximum Gasteiger partial charge on any atom is 0.260 e. The smallest absolute Gasteiger partial charge is 0.260 e. The number of ether oxygens (including phenoxy) is 1. The first-order chi connectivity index (χ1) is 9.22. The Kier molecular flexibility index (Phi) is 4.80. The highest BCUT2D eigenvalue weighted by atomic mass is 16.5. The summed E-state index contributed by atoms with van der Waals surface area (Å²) in [6.45, 7) is 4.44. The van der Waals surface area contributed by atoms with Crippen LogP contribution in [0.3, 0.4) is 0 Å². The molecule has 0 aliphatic carbocycles. The lowest BCUT2D eigenvalue weighted by Crippen LogP contribution is -2.32. The lowest BCUT2D eigenvalue weighted by molar-refractivity contribution is -0.132. The molecule has 1 saturated heterocycles. The Bertz CT molecular complexity index is 440. The Balaban J connectivity index is 1.99. The average Bonchev–Trinajstić information content (AvgIpc) is 2.92. The van der Waals surface area contributed by atoms with Crippen LogP contribution in [0.2, 0.25) is 0 Å². The summed E-state index contributed by atoms with van der Waals surface area (Å²) < 4.78 is 5.75. The van der Waals surface area contributed by atoms with Gasteiger partial charge in [-0.05, 0) is 43.9 Å². The number of para-hydroxylation sites is 1. The van der Waals surface area contributed by atoms with Crippen molar-refractivity contribution in [3.05, 3.63) is 29.3 Å². The van der Waals surface area contributed by atoms with Crippen molar-refractivity contribution in [3.63, 3.8) is 0 Å². The number of carbonyl (C=O) groups excluding carboxylic acids is 1. The van der Waals surface area contributed by atoms with E-state index in [1.807, 2.05) is 30.0 Å². The number of benzene rings is 1. The van der Waals surface area contributed by atoms with Gasteiger partial charge in [0.05, 0.1) is 0 Å². The molecule has 0 spiro atoms. The SMILES string of the molecule is Cc1cccc(CCN)c1OCC(=O)N1CCCC1. The van der Waals surface area contributed by atoms with Crippen molar-refractivity contribution in [1.29, 1.82) is 0 Å². The normalized spacial score (nSPS) is 14.7. The Morgan fingerprint density at radius 2 is 2.11 bits per heavy atom. The maximum absolute atomic E-state index is 12.0. The second-order valence-corrected chi connectivity index (χ2v) is 4.98. The number of hydrogen-bond acceptors (Lipinski definition) is 3. The number of nitrogens with zero attached hydrogens (tertiary/aromatic N) is 1. The van der Waals surface area contributed by atoms with Crippen LogP contribution in [0.5, 0.6) is 5.75 Å². The predicted octanol–water partition coefficient (Wildman–Crippen LogP) is 1.50. The van der Waals surface area contributed by atoms with Gasteiger partial charge in [-0.2, -0.15) is 0 Å². The first-order valence-corrected chi connectivity index (χ1v) is 6.91. The van der Waals surface area contributed by atoms with Crippen molar-refractivity contribution in [2.75, 3.05) is 26.2 Å². The van der Waals surface area contributed by atoms with E-state index < -0.39 is 0 Å². The molecule has 4 heteroatoms. The highest BCUT2D eigenvalue weighted by Crippen LogP contribution is 2.24. The van der Waals surface area contributed by atoms with Gasteiger partial charge in [0.25, 0.3) is 5.91 Å². The molecule has 0 bridgehead atoms. The quantitative estimate of drug-likeness (QED) is 0.875. The number of amides is 1. The van der Waals surface area contributed by atoms with E-state index in [4.69, 9.17) is 10.5 Å². The third kappa shape index (κ3) is 3.47. The molecule has 0 saturated carbocycles. The first kappa shape index (κ1) is 13.9. The summed E-state index contributed by atoms with van der Waals surface area (Å²) in [5, 5.41) is 0. The summed E-state index contributed by atoms with van der Waals surface area (Å²) >= 11 is 0. The van der Waals surface area contributed by atoms with Crippen molar-refractivity contribution in [1.82, 2.24) is 4.90 Å². The van der Waals surface area contributed by atoms with Gasteiger partial charge >= 0.3 is 0 Å². The molecule has 2 rings (SSSR count). The minimum Gasteiger partial charge on any atom is -0.483 e. The van der Waals surface area contributed by atoms with E-state index in [1.165, 1.54) is 0 Å². The van der Waals surface area contributed by atoms with E-state index in [-0.39, 0.29) is 12.5 Å². The van der Waals surface area contributed by atoms with Crippen LogP contribution in [0.25, 0.3) is 0 Å². The molecule has 19 heavy (non-hydrogen) atoms. The van der Waals surface area contributed by atoms with Crippen LogP contribution in [-0.2, 0) is 11.2 Å². The van der Waals surface area contributed by atoms with E-state index >= 15 is 0 Å². The van der Waals surface area contributed by atoms with Gasteiger partial charge in [0.1, 0.15) is 5.75 Å². The molecule has 0 radical (unpaired) electrons. The molecule has 1 aliphatic heterocycles. The monoisotopic (exact) mass is 262 g/mol. The molecule has 1 aliphatic rings. The molecule has 2 N–H and O–H groups in total. The molecule has 1 heterocycles.